The summed E-state index contributed by atoms with van der Waals surface area (Å²) in [5.74, 6) is 1.32. The van der Waals surface area contributed by atoms with Gasteiger partial charge in [0.1, 0.15) is 11.6 Å². The molecular formula is C24H24FN3O3. The number of halogens is 1. The first-order chi connectivity index (χ1) is 15.1. The minimum Gasteiger partial charge on any atom is -0.497 e. The third-order valence-corrected chi connectivity index (χ3v) is 5.41. The molecule has 1 atom stereocenters. The zero-order valence-electron chi connectivity index (χ0n) is 17.3. The van der Waals surface area contributed by atoms with Crippen LogP contribution < -0.4 is 4.74 Å². The van der Waals surface area contributed by atoms with Crippen LogP contribution >= 0.6 is 0 Å². The normalized spacial score (nSPS) is 16.6. The van der Waals surface area contributed by atoms with Crippen LogP contribution in [-0.4, -0.2) is 41.1 Å². The lowest BCUT2D eigenvalue weighted by Crippen LogP contribution is -2.39. The van der Waals surface area contributed by atoms with Gasteiger partial charge in [0, 0.05) is 25.6 Å². The number of hydrogen-bond acceptors (Lipinski definition) is 5. The van der Waals surface area contributed by atoms with Gasteiger partial charge in [-0.25, -0.2) is 4.39 Å². The minimum absolute atomic E-state index is 0.0157. The molecule has 1 aromatic heterocycles. The first-order valence-corrected chi connectivity index (χ1v) is 10.3. The minimum atomic E-state index is -0.382. The molecule has 1 aliphatic heterocycles. The first-order valence-electron chi connectivity index (χ1n) is 10.3. The van der Waals surface area contributed by atoms with E-state index < -0.39 is 0 Å². The predicted molar refractivity (Wildman–Crippen MR) is 115 cm³/mol. The van der Waals surface area contributed by atoms with Gasteiger partial charge in [-0.1, -0.05) is 29.4 Å². The molecule has 1 aliphatic rings. The lowest BCUT2D eigenvalue weighted by Gasteiger charge is -2.31. The molecule has 0 aliphatic carbocycles. The molecule has 31 heavy (non-hydrogen) atoms. The second-order valence-electron chi connectivity index (χ2n) is 7.59. The number of ether oxygens (including phenoxy) is 1. The van der Waals surface area contributed by atoms with Gasteiger partial charge in [0.05, 0.1) is 12.7 Å². The molecule has 3 aromatic rings. The Morgan fingerprint density at radius 3 is 2.84 bits per heavy atom. The maximum Gasteiger partial charge on any atom is 0.246 e. The van der Waals surface area contributed by atoms with Crippen molar-refractivity contribution in [3.05, 3.63) is 71.9 Å². The second-order valence-corrected chi connectivity index (χ2v) is 7.59. The topological polar surface area (TPSA) is 68.5 Å². The number of rotatable bonds is 6. The summed E-state index contributed by atoms with van der Waals surface area (Å²) in [5.41, 5.74) is 1.26. The van der Waals surface area contributed by atoms with Crippen LogP contribution in [0.15, 0.2) is 59.1 Å². The van der Waals surface area contributed by atoms with E-state index in [2.05, 4.69) is 10.1 Å². The Balaban J connectivity index is 1.35. The molecular weight excluding hydrogens is 397 g/mol. The van der Waals surface area contributed by atoms with Crippen molar-refractivity contribution in [2.75, 3.05) is 20.2 Å². The zero-order valence-corrected chi connectivity index (χ0v) is 17.3. The molecule has 2 heterocycles. The molecule has 1 saturated heterocycles. The number of aromatic nitrogens is 2. The van der Waals surface area contributed by atoms with Crippen LogP contribution in [0, 0.1) is 11.7 Å². The van der Waals surface area contributed by atoms with Gasteiger partial charge < -0.3 is 14.2 Å². The summed E-state index contributed by atoms with van der Waals surface area (Å²) < 4.78 is 24.4. The van der Waals surface area contributed by atoms with Gasteiger partial charge in [0.15, 0.2) is 0 Å². The summed E-state index contributed by atoms with van der Waals surface area (Å²) >= 11 is 0. The van der Waals surface area contributed by atoms with Crippen LogP contribution in [0.2, 0.25) is 0 Å². The highest BCUT2D eigenvalue weighted by molar-refractivity contribution is 5.91. The summed E-state index contributed by atoms with van der Waals surface area (Å²) in [7, 11) is 1.62. The molecule has 1 fully saturated rings. The van der Waals surface area contributed by atoms with Gasteiger partial charge in [-0.15, -0.1) is 0 Å². The Morgan fingerprint density at radius 2 is 2.06 bits per heavy atom. The third kappa shape index (κ3) is 5.17. The van der Waals surface area contributed by atoms with E-state index in [0.29, 0.717) is 24.4 Å². The smallest absolute Gasteiger partial charge is 0.246 e. The van der Waals surface area contributed by atoms with Crippen molar-refractivity contribution in [3.63, 3.8) is 0 Å². The van der Waals surface area contributed by atoms with Gasteiger partial charge >= 0.3 is 0 Å². The van der Waals surface area contributed by atoms with E-state index in [1.165, 1.54) is 6.07 Å². The van der Waals surface area contributed by atoms with Crippen LogP contribution in [0.3, 0.4) is 0 Å². The van der Waals surface area contributed by atoms with E-state index in [1.54, 1.807) is 31.4 Å². The second kappa shape index (κ2) is 9.55. The van der Waals surface area contributed by atoms with Crippen molar-refractivity contribution >= 4 is 12.0 Å². The summed E-state index contributed by atoms with van der Waals surface area (Å²) in [6.07, 6.45) is 5.87. The fraction of sp³-hybridized carbons (Fsp3) is 0.292. The Kier molecular flexibility index (Phi) is 6.40. The fourth-order valence-corrected chi connectivity index (χ4v) is 3.76. The molecule has 0 saturated carbocycles. The van der Waals surface area contributed by atoms with Gasteiger partial charge in [-0.3, -0.25) is 4.79 Å². The Labute approximate surface area is 180 Å². The van der Waals surface area contributed by atoms with Crippen molar-refractivity contribution in [2.45, 2.75) is 19.3 Å². The van der Waals surface area contributed by atoms with Crippen molar-refractivity contribution < 1.29 is 18.4 Å². The van der Waals surface area contributed by atoms with Crippen LogP contribution in [-0.2, 0) is 11.2 Å². The lowest BCUT2D eigenvalue weighted by molar-refractivity contribution is -0.127. The predicted octanol–water partition coefficient (Wildman–Crippen LogP) is 4.38. The summed E-state index contributed by atoms with van der Waals surface area (Å²) in [5, 5.41) is 3.92. The average molecular weight is 421 g/mol. The number of carbonyl (C=O) groups is 1. The molecule has 0 radical (unpaired) electrons. The fourth-order valence-electron chi connectivity index (χ4n) is 3.76. The Morgan fingerprint density at radius 1 is 1.26 bits per heavy atom. The lowest BCUT2D eigenvalue weighted by atomic mass is 9.94. The Bertz CT molecular complexity index is 1060. The molecule has 2 aromatic carbocycles. The van der Waals surface area contributed by atoms with Crippen molar-refractivity contribution in [3.8, 4) is 17.1 Å². The summed E-state index contributed by atoms with van der Waals surface area (Å²) in [6.45, 7) is 1.36. The van der Waals surface area contributed by atoms with Crippen LogP contribution in [0.1, 0.15) is 24.3 Å². The molecule has 160 valence electrons. The molecule has 7 heteroatoms. The van der Waals surface area contributed by atoms with Crippen molar-refractivity contribution in [1.29, 1.82) is 0 Å². The molecule has 0 N–H and O–H groups in total. The van der Waals surface area contributed by atoms with Crippen molar-refractivity contribution in [1.82, 2.24) is 15.0 Å². The van der Waals surface area contributed by atoms with E-state index in [-0.39, 0.29) is 23.5 Å². The van der Waals surface area contributed by atoms with Crippen LogP contribution in [0.25, 0.3) is 17.5 Å². The highest BCUT2D eigenvalue weighted by atomic mass is 19.1. The highest BCUT2D eigenvalue weighted by Crippen LogP contribution is 2.24. The quantitative estimate of drug-likeness (QED) is 0.553. The van der Waals surface area contributed by atoms with Crippen LogP contribution in [0.5, 0.6) is 5.75 Å². The van der Waals surface area contributed by atoms with Crippen molar-refractivity contribution in [2.24, 2.45) is 5.92 Å². The molecule has 1 amide bonds. The number of piperidine rings is 1. The first kappa shape index (κ1) is 20.8. The van der Waals surface area contributed by atoms with E-state index in [0.717, 1.165) is 30.7 Å². The largest absolute Gasteiger partial charge is 0.497 e. The van der Waals surface area contributed by atoms with E-state index >= 15 is 0 Å². The highest BCUT2D eigenvalue weighted by Gasteiger charge is 2.25. The number of amides is 1. The van der Waals surface area contributed by atoms with Crippen LogP contribution in [0.4, 0.5) is 4.39 Å². The standard InChI is InChI=1S/C24H24FN3O3/c1-30-19-11-8-17(9-12-19)10-13-23(29)28-14-4-5-18(16-28)15-22-26-24(27-31-22)20-6-2-3-7-21(20)25/h2-3,6-13,18H,4-5,14-16H2,1H3/b13-10-. The Hall–Kier alpha value is -3.48. The molecule has 0 spiro atoms. The number of benzene rings is 2. The average Bonchev–Trinajstić information content (AvgIpc) is 3.26. The monoisotopic (exact) mass is 421 g/mol. The number of nitrogens with zero attached hydrogens (tertiary/aromatic N) is 3. The van der Waals surface area contributed by atoms with Gasteiger partial charge in [-0.05, 0) is 54.7 Å². The number of carbonyl (C=O) groups excluding carboxylic acids is 1. The maximum atomic E-state index is 13.9. The maximum absolute atomic E-state index is 13.9. The number of likely N-dealkylation sites (tertiary alicyclic amines) is 1. The van der Waals surface area contributed by atoms with E-state index in [1.807, 2.05) is 35.2 Å². The van der Waals surface area contributed by atoms with E-state index in [9.17, 15) is 9.18 Å². The number of methoxy groups -OCH3 is 1. The summed E-state index contributed by atoms with van der Waals surface area (Å²) in [4.78, 5) is 18.8. The van der Waals surface area contributed by atoms with Gasteiger partial charge in [0.25, 0.3) is 0 Å². The SMILES string of the molecule is COc1ccc(/C=C\C(=O)N2CCCC(Cc3nc(-c4ccccc4F)no3)C2)cc1. The molecule has 6 nitrogen and oxygen atoms in total. The van der Waals surface area contributed by atoms with Gasteiger partial charge in [0.2, 0.25) is 17.6 Å². The zero-order chi connectivity index (χ0) is 21.6. The third-order valence-electron chi connectivity index (χ3n) is 5.41. The summed E-state index contributed by atoms with van der Waals surface area (Å²) in [6, 6.07) is 13.9. The molecule has 4 rings (SSSR count). The van der Waals surface area contributed by atoms with E-state index in [4.69, 9.17) is 9.26 Å². The van der Waals surface area contributed by atoms with Gasteiger partial charge in [-0.2, -0.15) is 4.98 Å². The number of hydrogen-bond donors (Lipinski definition) is 0. The molecule has 0 bridgehead atoms. The molecule has 1 unspecified atom stereocenters.